The highest BCUT2D eigenvalue weighted by atomic mass is 14.7. The van der Waals surface area contributed by atoms with Crippen molar-refractivity contribution in [2.45, 2.75) is 38.6 Å². The minimum atomic E-state index is 0.520. The van der Waals surface area contributed by atoms with E-state index in [1.807, 2.05) is 12.3 Å². The quantitative estimate of drug-likeness (QED) is 0.843. The third-order valence-corrected chi connectivity index (χ3v) is 3.27. The lowest BCUT2D eigenvalue weighted by Crippen LogP contribution is -2.02. The van der Waals surface area contributed by atoms with Crippen molar-refractivity contribution in [1.82, 2.24) is 4.98 Å². The molecule has 1 aliphatic carbocycles. The van der Waals surface area contributed by atoms with Crippen LogP contribution in [0.3, 0.4) is 0 Å². The van der Waals surface area contributed by atoms with E-state index in [-0.39, 0.29) is 0 Å². The monoisotopic (exact) mass is 216 g/mol. The van der Waals surface area contributed by atoms with Gasteiger partial charge in [0.05, 0.1) is 5.69 Å². The van der Waals surface area contributed by atoms with Crippen LogP contribution in [-0.2, 0) is 6.54 Å². The number of allylic oxidation sites excluding steroid dienone is 1. The van der Waals surface area contributed by atoms with Crippen LogP contribution < -0.4 is 5.73 Å². The topological polar surface area (TPSA) is 38.9 Å². The Labute approximate surface area is 97.6 Å². The van der Waals surface area contributed by atoms with Crippen molar-refractivity contribution >= 4 is 6.08 Å². The van der Waals surface area contributed by atoms with E-state index in [4.69, 9.17) is 5.73 Å². The summed E-state index contributed by atoms with van der Waals surface area (Å²) in [5, 5.41) is 0. The van der Waals surface area contributed by atoms with Crippen molar-refractivity contribution in [1.29, 1.82) is 0 Å². The van der Waals surface area contributed by atoms with Crippen molar-refractivity contribution in [2.75, 3.05) is 0 Å². The van der Waals surface area contributed by atoms with E-state index >= 15 is 0 Å². The lowest BCUT2D eigenvalue weighted by Gasteiger charge is -2.17. The Bertz CT molecular complexity index is 334. The van der Waals surface area contributed by atoms with Crippen LogP contribution in [0.25, 0.3) is 6.08 Å². The SMILES string of the molecule is NCc1ccc(C=CC2CCCCC2)cn1. The summed E-state index contributed by atoms with van der Waals surface area (Å²) < 4.78 is 0. The Morgan fingerprint density at radius 2 is 2.06 bits per heavy atom. The number of aromatic nitrogens is 1. The fraction of sp³-hybridized carbons (Fsp3) is 0.500. The van der Waals surface area contributed by atoms with Crippen LogP contribution in [0, 0.1) is 5.92 Å². The van der Waals surface area contributed by atoms with E-state index in [1.165, 1.54) is 37.7 Å². The average molecular weight is 216 g/mol. The second-order valence-corrected chi connectivity index (χ2v) is 4.54. The predicted molar refractivity (Wildman–Crippen MR) is 67.7 cm³/mol. The van der Waals surface area contributed by atoms with Gasteiger partial charge in [0.15, 0.2) is 0 Å². The highest BCUT2D eigenvalue weighted by molar-refractivity contribution is 5.48. The molecule has 1 aromatic rings. The molecule has 1 aliphatic rings. The molecule has 0 radical (unpaired) electrons. The van der Waals surface area contributed by atoms with Gasteiger partial charge in [-0.25, -0.2) is 0 Å². The van der Waals surface area contributed by atoms with Crippen LogP contribution in [0.15, 0.2) is 24.4 Å². The summed E-state index contributed by atoms with van der Waals surface area (Å²) in [5.41, 5.74) is 7.65. The first-order valence-electron chi connectivity index (χ1n) is 6.21. The molecule has 2 rings (SSSR count). The first-order chi connectivity index (χ1) is 7.88. The fourth-order valence-corrected chi connectivity index (χ4v) is 2.23. The molecule has 2 N–H and O–H groups in total. The third-order valence-electron chi connectivity index (χ3n) is 3.27. The summed E-state index contributed by atoms with van der Waals surface area (Å²) >= 11 is 0. The molecular formula is C14H20N2. The van der Waals surface area contributed by atoms with Gasteiger partial charge in [-0.15, -0.1) is 0 Å². The van der Waals surface area contributed by atoms with Crippen LogP contribution in [0.2, 0.25) is 0 Å². The summed E-state index contributed by atoms with van der Waals surface area (Å²) in [5.74, 6) is 0.780. The Morgan fingerprint density at radius 3 is 2.69 bits per heavy atom. The van der Waals surface area contributed by atoms with Gasteiger partial charge in [-0.3, -0.25) is 4.98 Å². The second-order valence-electron chi connectivity index (χ2n) is 4.54. The summed E-state index contributed by atoms with van der Waals surface area (Å²) in [6.45, 7) is 0.520. The molecule has 1 aromatic heterocycles. The highest BCUT2D eigenvalue weighted by Gasteiger charge is 2.09. The highest BCUT2D eigenvalue weighted by Crippen LogP contribution is 2.25. The van der Waals surface area contributed by atoms with Gasteiger partial charge in [0.1, 0.15) is 0 Å². The minimum Gasteiger partial charge on any atom is -0.325 e. The van der Waals surface area contributed by atoms with Gasteiger partial charge in [-0.05, 0) is 30.4 Å². The van der Waals surface area contributed by atoms with Crippen molar-refractivity contribution < 1.29 is 0 Å². The molecule has 2 heteroatoms. The van der Waals surface area contributed by atoms with Crippen molar-refractivity contribution in [3.63, 3.8) is 0 Å². The number of nitrogens with two attached hydrogens (primary N) is 1. The number of pyridine rings is 1. The number of nitrogens with zero attached hydrogens (tertiary/aromatic N) is 1. The van der Waals surface area contributed by atoms with Crippen LogP contribution in [0.5, 0.6) is 0 Å². The molecule has 0 bridgehead atoms. The van der Waals surface area contributed by atoms with Gasteiger partial charge in [0.2, 0.25) is 0 Å². The molecule has 0 aromatic carbocycles. The van der Waals surface area contributed by atoms with Gasteiger partial charge < -0.3 is 5.73 Å². The first-order valence-corrected chi connectivity index (χ1v) is 6.21. The van der Waals surface area contributed by atoms with Gasteiger partial charge in [-0.1, -0.05) is 37.5 Å². The standard InChI is InChI=1S/C14H20N2/c15-10-14-9-8-13(11-16-14)7-6-12-4-2-1-3-5-12/h6-9,11-12H,1-5,10,15H2. The summed E-state index contributed by atoms with van der Waals surface area (Å²) in [7, 11) is 0. The number of hydrogen-bond acceptors (Lipinski definition) is 2. The zero-order valence-corrected chi connectivity index (χ0v) is 9.73. The van der Waals surface area contributed by atoms with Crippen LogP contribution in [0.4, 0.5) is 0 Å². The molecule has 0 unspecified atom stereocenters. The largest absolute Gasteiger partial charge is 0.325 e. The van der Waals surface area contributed by atoms with Crippen LogP contribution >= 0.6 is 0 Å². The van der Waals surface area contributed by atoms with Gasteiger partial charge >= 0.3 is 0 Å². The normalized spacial score (nSPS) is 18.1. The maximum absolute atomic E-state index is 5.51. The summed E-state index contributed by atoms with van der Waals surface area (Å²) in [6.07, 6.45) is 13.3. The molecule has 1 fully saturated rings. The average Bonchev–Trinajstić information content (AvgIpc) is 2.38. The molecule has 0 atom stereocenters. The fourth-order valence-electron chi connectivity index (χ4n) is 2.23. The smallest absolute Gasteiger partial charge is 0.0539 e. The van der Waals surface area contributed by atoms with E-state index in [2.05, 4.69) is 23.2 Å². The molecule has 2 nitrogen and oxygen atoms in total. The van der Waals surface area contributed by atoms with Crippen molar-refractivity contribution in [3.8, 4) is 0 Å². The van der Waals surface area contributed by atoms with Crippen LogP contribution in [-0.4, -0.2) is 4.98 Å². The first kappa shape index (κ1) is 11.3. The summed E-state index contributed by atoms with van der Waals surface area (Å²) in [4.78, 5) is 4.28. The molecule has 86 valence electrons. The molecule has 0 saturated heterocycles. The van der Waals surface area contributed by atoms with E-state index in [0.717, 1.165) is 11.6 Å². The molecule has 16 heavy (non-hydrogen) atoms. The van der Waals surface area contributed by atoms with E-state index in [9.17, 15) is 0 Å². The molecule has 1 saturated carbocycles. The minimum absolute atomic E-state index is 0.520. The van der Waals surface area contributed by atoms with Crippen molar-refractivity contribution in [2.24, 2.45) is 11.7 Å². The maximum atomic E-state index is 5.51. The Kier molecular flexibility index (Phi) is 4.11. The Balaban J connectivity index is 1.94. The zero-order valence-electron chi connectivity index (χ0n) is 9.73. The van der Waals surface area contributed by atoms with Crippen molar-refractivity contribution in [3.05, 3.63) is 35.7 Å². The lowest BCUT2D eigenvalue weighted by molar-refractivity contribution is 0.420. The van der Waals surface area contributed by atoms with Crippen LogP contribution in [0.1, 0.15) is 43.4 Å². The van der Waals surface area contributed by atoms with Gasteiger partial charge in [0.25, 0.3) is 0 Å². The molecular weight excluding hydrogens is 196 g/mol. The zero-order chi connectivity index (χ0) is 11.2. The van der Waals surface area contributed by atoms with E-state index in [1.54, 1.807) is 0 Å². The molecule has 0 aliphatic heterocycles. The Hall–Kier alpha value is -1.15. The lowest BCUT2D eigenvalue weighted by atomic mass is 9.89. The summed E-state index contributed by atoms with van der Waals surface area (Å²) in [6, 6.07) is 4.09. The maximum Gasteiger partial charge on any atom is 0.0539 e. The van der Waals surface area contributed by atoms with Gasteiger partial charge in [0, 0.05) is 12.7 Å². The van der Waals surface area contributed by atoms with E-state index in [0.29, 0.717) is 6.54 Å². The number of hydrogen-bond donors (Lipinski definition) is 1. The Morgan fingerprint density at radius 1 is 1.25 bits per heavy atom. The molecule has 1 heterocycles. The third kappa shape index (κ3) is 3.17. The number of rotatable bonds is 3. The molecule has 0 amide bonds. The molecule has 0 spiro atoms. The van der Waals surface area contributed by atoms with E-state index < -0.39 is 0 Å². The second kappa shape index (κ2) is 5.80. The predicted octanol–water partition coefficient (Wildman–Crippen LogP) is 3.13. The van der Waals surface area contributed by atoms with Gasteiger partial charge in [-0.2, -0.15) is 0 Å².